The summed E-state index contributed by atoms with van der Waals surface area (Å²) in [7, 11) is 0. The van der Waals surface area contributed by atoms with Crippen molar-refractivity contribution in [2.75, 3.05) is 13.2 Å². The van der Waals surface area contributed by atoms with Gasteiger partial charge in [0.2, 0.25) is 5.91 Å². The van der Waals surface area contributed by atoms with E-state index in [2.05, 4.69) is 26.6 Å². The summed E-state index contributed by atoms with van der Waals surface area (Å²) in [6, 6.07) is 7.14. The fraction of sp³-hybridized carbons (Fsp3) is 0.533. The second-order valence-electron chi connectivity index (χ2n) is 5.21. The van der Waals surface area contributed by atoms with Crippen LogP contribution < -0.4 is 15.4 Å². The molecule has 0 aromatic heterocycles. The predicted molar refractivity (Wildman–Crippen MR) is 86.4 cm³/mol. The molecule has 1 aromatic carbocycles. The first kappa shape index (κ1) is 17.9. The SMILES string of the molecule is CC(C)NC(=O)C(C)NCC(O)COc1ccc(Br)cc1. The fourth-order valence-electron chi connectivity index (χ4n) is 1.60. The van der Waals surface area contributed by atoms with Crippen LogP contribution in [0.1, 0.15) is 20.8 Å². The van der Waals surface area contributed by atoms with Gasteiger partial charge < -0.3 is 20.5 Å². The molecule has 0 heterocycles. The molecular weight excluding hydrogens is 336 g/mol. The van der Waals surface area contributed by atoms with Gasteiger partial charge in [-0.15, -0.1) is 0 Å². The van der Waals surface area contributed by atoms with Crippen molar-refractivity contribution in [3.05, 3.63) is 28.7 Å². The highest BCUT2D eigenvalue weighted by Gasteiger charge is 2.14. The number of carbonyl (C=O) groups is 1. The number of amides is 1. The Kier molecular flexibility index (Phi) is 7.71. The standard InChI is InChI=1S/C15H23BrN2O3/c1-10(2)18-15(20)11(3)17-8-13(19)9-21-14-6-4-12(16)5-7-14/h4-7,10-11,13,17,19H,8-9H2,1-3H3,(H,18,20). The summed E-state index contributed by atoms with van der Waals surface area (Å²) in [6.45, 7) is 6.05. The minimum atomic E-state index is -0.678. The second-order valence-corrected chi connectivity index (χ2v) is 6.13. The van der Waals surface area contributed by atoms with Gasteiger partial charge in [0.1, 0.15) is 18.5 Å². The normalized spacial score (nSPS) is 13.8. The Labute approximate surface area is 134 Å². The minimum absolute atomic E-state index is 0.0778. The van der Waals surface area contributed by atoms with Gasteiger partial charge in [-0.3, -0.25) is 4.79 Å². The second kappa shape index (κ2) is 9.02. The van der Waals surface area contributed by atoms with Crippen LogP contribution in [0.4, 0.5) is 0 Å². The van der Waals surface area contributed by atoms with E-state index in [1.165, 1.54) is 0 Å². The average molecular weight is 359 g/mol. The van der Waals surface area contributed by atoms with Crippen molar-refractivity contribution in [3.8, 4) is 5.75 Å². The molecule has 3 N–H and O–H groups in total. The molecule has 0 aliphatic carbocycles. The Morgan fingerprint density at radius 3 is 2.48 bits per heavy atom. The van der Waals surface area contributed by atoms with Crippen LogP contribution in [-0.4, -0.2) is 42.4 Å². The molecule has 0 radical (unpaired) electrons. The van der Waals surface area contributed by atoms with Crippen molar-refractivity contribution >= 4 is 21.8 Å². The third-order valence-corrected chi connectivity index (χ3v) is 3.27. The maximum absolute atomic E-state index is 11.7. The van der Waals surface area contributed by atoms with Crippen LogP contribution >= 0.6 is 15.9 Å². The molecule has 0 aliphatic heterocycles. The van der Waals surface area contributed by atoms with Gasteiger partial charge in [-0.2, -0.15) is 0 Å². The monoisotopic (exact) mass is 358 g/mol. The lowest BCUT2D eigenvalue weighted by Crippen LogP contribution is -2.47. The van der Waals surface area contributed by atoms with E-state index in [0.717, 1.165) is 4.47 Å². The van der Waals surface area contributed by atoms with Gasteiger partial charge in [-0.1, -0.05) is 15.9 Å². The molecule has 1 aromatic rings. The van der Waals surface area contributed by atoms with Gasteiger partial charge in [0.25, 0.3) is 0 Å². The fourth-order valence-corrected chi connectivity index (χ4v) is 1.86. The van der Waals surface area contributed by atoms with E-state index in [1.54, 1.807) is 6.92 Å². The molecule has 21 heavy (non-hydrogen) atoms. The van der Waals surface area contributed by atoms with E-state index in [1.807, 2.05) is 38.1 Å². The molecule has 2 atom stereocenters. The number of hydrogen-bond donors (Lipinski definition) is 3. The van der Waals surface area contributed by atoms with Crippen LogP contribution in [0.3, 0.4) is 0 Å². The lowest BCUT2D eigenvalue weighted by molar-refractivity contribution is -0.123. The van der Waals surface area contributed by atoms with Crippen molar-refractivity contribution in [1.82, 2.24) is 10.6 Å². The van der Waals surface area contributed by atoms with E-state index in [9.17, 15) is 9.90 Å². The van der Waals surface area contributed by atoms with Gasteiger partial charge in [-0.05, 0) is 45.0 Å². The topological polar surface area (TPSA) is 70.6 Å². The summed E-state index contributed by atoms with van der Waals surface area (Å²) >= 11 is 3.34. The lowest BCUT2D eigenvalue weighted by Gasteiger charge is -2.18. The highest BCUT2D eigenvalue weighted by molar-refractivity contribution is 9.10. The minimum Gasteiger partial charge on any atom is -0.491 e. The van der Waals surface area contributed by atoms with Crippen molar-refractivity contribution < 1.29 is 14.6 Å². The number of aliphatic hydroxyl groups is 1. The Bertz CT molecular complexity index is 437. The summed E-state index contributed by atoms with van der Waals surface area (Å²) < 4.78 is 6.44. The van der Waals surface area contributed by atoms with E-state index in [4.69, 9.17) is 4.74 Å². The quantitative estimate of drug-likeness (QED) is 0.661. The summed E-state index contributed by atoms with van der Waals surface area (Å²) in [5.74, 6) is 0.619. The van der Waals surface area contributed by atoms with Crippen molar-refractivity contribution in [2.24, 2.45) is 0 Å². The maximum atomic E-state index is 11.7. The smallest absolute Gasteiger partial charge is 0.237 e. The molecule has 0 spiro atoms. The first-order chi connectivity index (χ1) is 9.88. The number of aliphatic hydroxyl groups excluding tert-OH is 1. The highest BCUT2D eigenvalue weighted by Crippen LogP contribution is 2.16. The van der Waals surface area contributed by atoms with Gasteiger partial charge in [0, 0.05) is 17.1 Å². The number of nitrogens with one attached hydrogen (secondary N) is 2. The highest BCUT2D eigenvalue weighted by atomic mass is 79.9. The molecule has 0 saturated heterocycles. The Morgan fingerprint density at radius 2 is 1.90 bits per heavy atom. The Balaban J connectivity index is 2.26. The zero-order valence-corrected chi connectivity index (χ0v) is 14.2. The number of rotatable bonds is 8. The van der Waals surface area contributed by atoms with Crippen LogP contribution in [0.25, 0.3) is 0 Å². The zero-order chi connectivity index (χ0) is 15.8. The average Bonchev–Trinajstić information content (AvgIpc) is 2.43. The summed E-state index contributed by atoms with van der Waals surface area (Å²) in [5.41, 5.74) is 0. The molecule has 6 heteroatoms. The summed E-state index contributed by atoms with van der Waals surface area (Å²) in [4.78, 5) is 11.7. The molecule has 0 bridgehead atoms. The van der Waals surface area contributed by atoms with E-state index in [-0.39, 0.29) is 24.6 Å². The Hall–Kier alpha value is -1.11. The molecule has 118 valence electrons. The van der Waals surface area contributed by atoms with Gasteiger partial charge in [0.15, 0.2) is 0 Å². The molecule has 0 saturated carbocycles. The maximum Gasteiger partial charge on any atom is 0.237 e. The van der Waals surface area contributed by atoms with Gasteiger partial charge in [-0.25, -0.2) is 0 Å². The van der Waals surface area contributed by atoms with Crippen LogP contribution in [0.2, 0.25) is 0 Å². The molecule has 0 aliphatic rings. The molecule has 1 rings (SSSR count). The van der Waals surface area contributed by atoms with Crippen LogP contribution in [-0.2, 0) is 4.79 Å². The molecule has 5 nitrogen and oxygen atoms in total. The number of benzene rings is 1. The van der Waals surface area contributed by atoms with Crippen molar-refractivity contribution in [2.45, 2.75) is 39.0 Å². The van der Waals surface area contributed by atoms with Crippen LogP contribution in [0.15, 0.2) is 28.7 Å². The van der Waals surface area contributed by atoms with Gasteiger partial charge in [0.05, 0.1) is 6.04 Å². The third-order valence-electron chi connectivity index (χ3n) is 2.74. The zero-order valence-electron chi connectivity index (χ0n) is 12.6. The third kappa shape index (κ3) is 7.45. The number of hydrogen-bond acceptors (Lipinski definition) is 4. The number of carbonyl (C=O) groups excluding carboxylic acids is 1. The first-order valence-corrected chi connectivity index (χ1v) is 7.78. The Morgan fingerprint density at radius 1 is 1.29 bits per heavy atom. The van der Waals surface area contributed by atoms with E-state index >= 15 is 0 Å². The van der Waals surface area contributed by atoms with Crippen LogP contribution in [0.5, 0.6) is 5.75 Å². The molecule has 1 amide bonds. The summed E-state index contributed by atoms with van der Waals surface area (Å²) in [5, 5.41) is 15.6. The molecule has 0 fully saturated rings. The van der Waals surface area contributed by atoms with Crippen molar-refractivity contribution in [1.29, 1.82) is 0 Å². The van der Waals surface area contributed by atoms with Crippen molar-refractivity contribution in [3.63, 3.8) is 0 Å². The first-order valence-electron chi connectivity index (χ1n) is 6.98. The van der Waals surface area contributed by atoms with Crippen LogP contribution in [0, 0.1) is 0 Å². The lowest BCUT2D eigenvalue weighted by atomic mass is 10.2. The molecule has 2 unspecified atom stereocenters. The summed E-state index contributed by atoms with van der Waals surface area (Å²) in [6.07, 6.45) is -0.678. The largest absolute Gasteiger partial charge is 0.491 e. The predicted octanol–water partition coefficient (Wildman–Crippen LogP) is 1.69. The van der Waals surface area contributed by atoms with E-state index in [0.29, 0.717) is 12.3 Å². The van der Waals surface area contributed by atoms with Gasteiger partial charge >= 0.3 is 0 Å². The number of ether oxygens (including phenoxy) is 1. The molecular formula is C15H23BrN2O3. The number of halogens is 1. The van der Waals surface area contributed by atoms with E-state index < -0.39 is 6.10 Å².